The van der Waals surface area contributed by atoms with Crippen molar-refractivity contribution in [1.29, 1.82) is 0 Å². The summed E-state index contributed by atoms with van der Waals surface area (Å²) in [5.41, 5.74) is 4.46. The summed E-state index contributed by atoms with van der Waals surface area (Å²) in [5.74, 6) is 0.794. The second-order valence-electron chi connectivity index (χ2n) is 6.61. The average molecular weight is 364 g/mol. The number of anilines is 2. The van der Waals surface area contributed by atoms with E-state index in [4.69, 9.17) is 0 Å². The molecule has 0 atom stereocenters. The maximum Gasteiger partial charge on any atom is 0.134 e. The molecule has 0 fully saturated rings. The summed E-state index contributed by atoms with van der Waals surface area (Å²) in [7, 11) is 0. The molecule has 0 bridgehead atoms. The Balaban J connectivity index is 0.000000855. The Hall–Kier alpha value is -2.68. The molecule has 0 radical (unpaired) electrons. The highest BCUT2D eigenvalue weighted by atomic mass is 15.0. The highest BCUT2D eigenvalue weighted by Crippen LogP contribution is 2.27. The number of hydrogen-bond donors (Lipinski definition) is 1. The normalized spacial score (nSPS) is 10.0. The van der Waals surface area contributed by atoms with E-state index in [0.29, 0.717) is 0 Å². The van der Waals surface area contributed by atoms with Gasteiger partial charge in [0.25, 0.3) is 0 Å². The zero-order chi connectivity index (χ0) is 20.3. The largest absolute Gasteiger partial charge is 0.340 e. The van der Waals surface area contributed by atoms with Crippen LogP contribution >= 0.6 is 0 Å². The van der Waals surface area contributed by atoms with Crippen molar-refractivity contribution >= 4 is 11.5 Å². The summed E-state index contributed by atoms with van der Waals surface area (Å²) in [4.78, 5) is 8.73. The van der Waals surface area contributed by atoms with Gasteiger partial charge in [0.05, 0.1) is 5.69 Å². The highest BCUT2D eigenvalue weighted by Gasteiger charge is 2.14. The van der Waals surface area contributed by atoms with E-state index in [1.165, 1.54) is 5.56 Å². The molecule has 0 saturated carbocycles. The van der Waals surface area contributed by atoms with E-state index in [9.17, 15) is 0 Å². The van der Waals surface area contributed by atoms with Crippen LogP contribution in [0.5, 0.6) is 0 Å². The zero-order valence-electron chi connectivity index (χ0n) is 17.7. The molecule has 1 aromatic heterocycles. The van der Waals surface area contributed by atoms with Crippen LogP contribution in [0.15, 0.2) is 67.0 Å². The smallest absolute Gasteiger partial charge is 0.134 e. The van der Waals surface area contributed by atoms with Crippen molar-refractivity contribution in [2.75, 3.05) is 5.32 Å². The molecule has 1 heterocycles. The van der Waals surface area contributed by atoms with Gasteiger partial charge in [-0.15, -0.1) is 0 Å². The predicted molar refractivity (Wildman–Crippen MR) is 119 cm³/mol. The van der Waals surface area contributed by atoms with Gasteiger partial charge in [-0.1, -0.05) is 84.9 Å². The Kier molecular flexibility index (Phi) is 9.21. The average Bonchev–Trinajstić information content (AvgIpc) is 2.71. The number of nitrogens with zero attached hydrogens (tertiary/aromatic N) is 2. The van der Waals surface area contributed by atoms with Gasteiger partial charge in [-0.2, -0.15) is 0 Å². The lowest BCUT2D eigenvalue weighted by molar-refractivity contribution is 0.590. The maximum absolute atomic E-state index is 4.42. The van der Waals surface area contributed by atoms with Gasteiger partial charge in [-0.3, -0.25) is 0 Å². The van der Waals surface area contributed by atoms with Crippen LogP contribution in [0.1, 0.15) is 54.0 Å². The summed E-state index contributed by atoms with van der Waals surface area (Å²) in [5, 5.41) is 3.31. The fourth-order valence-corrected chi connectivity index (χ4v) is 2.40. The van der Waals surface area contributed by atoms with E-state index in [2.05, 4.69) is 60.3 Å². The fourth-order valence-electron chi connectivity index (χ4n) is 2.40. The first-order chi connectivity index (χ1) is 13.0. The summed E-state index contributed by atoms with van der Waals surface area (Å²) in [6.07, 6.45) is 1.60. The molecule has 0 aliphatic rings. The first-order valence-electron chi connectivity index (χ1n) is 9.77. The van der Waals surface area contributed by atoms with Crippen molar-refractivity contribution in [3.8, 4) is 11.3 Å². The van der Waals surface area contributed by atoms with Crippen LogP contribution in [-0.2, 0) is 5.41 Å². The van der Waals surface area contributed by atoms with Crippen LogP contribution in [0.25, 0.3) is 11.3 Å². The van der Waals surface area contributed by atoms with Crippen LogP contribution in [-0.4, -0.2) is 9.97 Å². The number of hydrogen-bond acceptors (Lipinski definition) is 3. The van der Waals surface area contributed by atoms with Gasteiger partial charge in [0, 0.05) is 17.3 Å². The predicted octanol–water partition coefficient (Wildman–Crippen LogP) is 7.24. The van der Waals surface area contributed by atoms with Gasteiger partial charge in [-0.25, -0.2) is 9.97 Å². The molecule has 27 heavy (non-hydrogen) atoms. The van der Waals surface area contributed by atoms with Gasteiger partial charge in [0.2, 0.25) is 0 Å². The summed E-state index contributed by atoms with van der Waals surface area (Å²) in [6.45, 7) is 14.7. The molecule has 1 N–H and O–H groups in total. The minimum Gasteiger partial charge on any atom is -0.340 e. The minimum absolute atomic E-state index is 0.119. The number of aromatic nitrogens is 2. The molecule has 0 unspecified atom stereocenters. The number of rotatable bonds is 3. The van der Waals surface area contributed by atoms with E-state index >= 15 is 0 Å². The Morgan fingerprint density at radius 2 is 1.41 bits per heavy atom. The monoisotopic (exact) mass is 363 g/mol. The molecule has 144 valence electrons. The lowest BCUT2D eigenvalue weighted by Gasteiger charge is -2.19. The molecule has 0 saturated heterocycles. The number of benzene rings is 2. The second kappa shape index (κ2) is 11.1. The molecule has 0 aliphatic heterocycles. The third kappa shape index (κ3) is 6.86. The molecule has 0 spiro atoms. The molecule has 3 heteroatoms. The third-order valence-corrected chi connectivity index (χ3v) is 3.74. The molecule has 2 aromatic carbocycles. The standard InChI is InChI=1S/C20H21N3.2C2H6/c1-20(2,3)16-9-7-8-15(12-16)18-13-19(22-14-21-18)23-17-10-5-4-6-11-17;2*1-2/h4-14H,1-3H3,(H,21,22,23);2*1-2H3. The van der Waals surface area contributed by atoms with Crippen LogP contribution in [0.4, 0.5) is 11.5 Å². The Labute approximate surface area is 164 Å². The van der Waals surface area contributed by atoms with Crippen LogP contribution in [0.3, 0.4) is 0 Å². The molecular formula is C24H33N3. The van der Waals surface area contributed by atoms with Crippen molar-refractivity contribution in [2.45, 2.75) is 53.9 Å². The molecule has 3 rings (SSSR count). The van der Waals surface area contributed by atoms with Crippen LogP contribution in [0, 0.1) is 0 Å². The second-order valence-corrected chi connectivity index (χ2v) is 6.61. The minimum atomic E-state index is 0.119. The van der Waals surface area contributed by atoms with Crippen LogP contribution < -0.4 is 5.32 Å². The quantitative estimate of drug-likeness (QED) is 0.533. The fraction of sp³-hybridized carbons (Fsp3) is 0.333. The Bertz CT molecular complexity index is 790. The third-order valence-electron chi connectivity index (χ3n) is 3.74. The molecular weight excluding hydrogens is 330 g/mol. The number of nitrogens with one attached hydrogen (secondary N) is 1. The maximum atomic E-state index is 4.42. The van der Waals surface area contributed by atoms with Crippen molar-refractivity contribution < 1.29 is 0 Å². The molecule has 3 nitrogen and oxygen atoms in total. The number of para-hydroxylation sites is 1. The Morgan fingerprint density at radius 3 is 2.04 bits per heavy atom. The highest BCUT2D eigenvalue weighted by molar-refractivity contribution is 5.66. The molecule has 0 amide bonds. The van der Waals surface area contributed by atoms with E-state index in [1.807, 2.05) is 64.1 Å². The Morgan fingerprint density at radius 1 is 0.741 bits per heavy atom. The zero-order valence-corrected chi connectivity index (χ0v) is 17.7. The molecule has 3 aromatic rings. The van der Waals surface area contributed by atoms with Crippen molar-refractivity contribution in [1.82, 2.24) is 9.97 Å². The molecule has 0 aliphatic carbocycles. The SMILES string of the molecule is CC.CC.CC(C)(C)c1cccc(-c2cc(Nc3ccccc3)ncn2)c1. The summed E-state index contributed by atoms with van der Waals surface area (Å²) >= 11 is 0. The van der Waals surface area contributed by atoms with Gasteiger partial charge in [0.15, 0.2) is 0 Å². The lowest BCUT2D eigenvalue weighted by atomic mass is 9.86. The van der Waals surface area contributed by atoms with Crippen molar-refractivity contribution in [2.24, 2.45) is 0 Å². The van der Waals surface area contributed by atoms with Gasteiger partial charge in [-0.05, 0) is 29.2 Å². The topological polar surface area (TPSA) is 37.8 Å². The van der Waals surface area contributed by atoms with Crippen molar-refractivity contribution in [3.05, 3.63) is 72.6 Å². The van der Waals surface area contributed by atoms with Crippen molar-refractivity contribution in [3.63, 3.8) is 0 Å². The van der Waals surface area contributed by atoms with Gasteiger partial charge in [0.1, 0.15) is 12.1 Å². The lowest BCUT2D eigenvalue weighted by Crippen LogP contribution is -2.10. The van der Waals surface area contributed by atoms with Gasteiger partial charge < -0.3 is 5.32 Å². The van der Waals surface area contributed by atoms with Gasteiger partial charge >= 0.3 is 0 Å². The van der Waals surface area contributed by atoms with E-state index < -0.39 is 0 Å². The van der Waals surface area contributed by atoms with E-state index in [0.717, 1.165) is 22.8 Å². The summed E-state index contributed by atoms with van der Waals surface area (Å²) < 4.78 is 0. The first kappa shape index (κ1) is 22.4. The van der Waals surface area contributed by atoms with E-state index in [-0.39, 0.29) is 5.41 Å². The van der Waals surface area contributed by atoms with Crippen LogP contribution in [0.2, 0.25) is 0 Å². The first-order valence-corrected chi connectivity index (χ1v) is 9.77. The summed E-state index contributed by atoms with van der Waals surface area (Å²) in [6, 6.07) is 20.5. The van der Waals surface area contributed by atoms with E-state index in [1.54, 1.807) is 6.33 Å².